The van der Waals surface area contributed by atoms with Crippen LogP contribution in [-0.4, -0.2) is 19.1 Å². The Balaban J connectivity index is 2.17. The maximum Gasteiger partial charge on any atom is 0.0766 e. The maximum atomic E-state index is 6.18. The molecule has 0 amide bonds. The summed E-state index contributed by atoms with van der Waals surface area (Å²) < 4.78 is 1.02. The van der Waals surface area contributed by atoms with E-state index in [4.69, 9.17) is 11.6 Å². The highest BCUT2D eigenvalue weighted by Gasteiger charge is 2.06. The summed E-state index contributed by atoms with van der Waals surface area (Å²) in [6.45, 7) is 0.658. The molecule has 1 N–H and O–H groups in total. The van der Waals surface area contributed by atoms with Crippen LogP contribution < -0.4 is 10.2 Å². The Morgan fingerprint density at radius 3 is 2.84 bits per heavy atom. The molecule has 0 atom stereocenters. The number of nitrogens with one attached hydrogen (secondary N) is 1. The van der Waals surface area contributed by atoms with Crippen molar-refractivity contribution >= 4 is 38.9 Å². The molecule has 100 valence electrons. The summed E-state index contributed by atoms with van der Waals surface area (Å²) in [5, 5.41) is 4.13. The second kappa shape index (κ2) is 6.26. The molecule has 0 radical (unpaired) electrons. The molecular weight excluding hydrogens is 326 g/mol. The SMILES string of the molecule is CN(C)c1ccncc1NCc1cc(Br)ccc1Cl. The lowest BCUT2D eigenvalue weighted by molar-refractivity contribution is 1.09. The van der Waals surface area contributed by atoms with Crippen molar-refractivity contribution in [2.45, 2.75) is 6.54 Å². The molecule has 0 aliphatic heterocycles. The van der Waals surface area contributed by atoms with Gasteiger partial charge in [0.2, 0.25) is 0 Å². The largest absolute Gasteiger partial charge is 0.378 e. The van der Waals surface area contributed by atoms with Gasteiger partial charge in [-0.2, -0.15) is 0 Å². The van der Waals surface area contributed by atoms with Crippen molar-refractivity contribution in [3.8, 4) is 0 Å². The van der Waals surface area contributed by atoms with Crippen molar-refractivity contribution in [2.24, 2.45) is 0 Å². The first-order valence-corrected chi connectivity index (χ1v) is 7.04. The minimum Gasteiger partial charge on any atom is -0.378 e. The Bertz CT molecular complexity index is 572. The van der Waals surface area contributed by atoms with Gasteiger partial charge in [-0.1, -0.05) is 27.5 Å². The molecule has 5 heteroatoms. The fourth-order valence-electron chi connectivity index (χ4n) is 1.78. The summed E-state index contributed by atoms with van der Waals surface area (Å²) in [4.78, 5) is 6.20. The molecule has 1 aromatic carbocycles. The zero-order valence-electron chi connectivity index (χ0n) is 10.8. The molecule has 2 aromatic rings. The first-order chi connectivity index (χ1) is 9.08. The number of hydrogen-bond acceptors (Lipinski definition) is 3. The van der Waals surface area contributed by atoms with Crippen molar-refractivity contribution in [2.75, 3.05) is 24.3 Å². The van der Waals surface area contributed by atoms with Gasteiger partial charge >= 0.3 is 0 Å². The van der Waals surface area contributed by atoms with Crippen LogP contribution in [0.3, 0.4) is 0 Å². The van der Waals surface area contributed by atoms with E-state index in [1.807, 2.05) is 49.5 Å². The van der Waals surface area contributed by atoms with E-state index in [0.29, 0.717) is 6.54 Å². The Morgan fingerprint density at radius 1 is 1.32 bits per heavy atom. The van der Waals surface area contributed by atoms with E-state index in [-0.39, 0.29) is 0 Å². The van der Waals surface area contributed by atoms with Gasteiger partial charge < -0.3 is 10.2 Å². The number of anilines is 2. The molecule has 0 aliphatic rings. The molecule has 0 bridgehead atoms. The van der Waals surface area contributed by atoms with E-state index in [9.17, 15) is 0 Å². The first kappa shape index (κ1) is 14.2. The van der Waals surface area contributed by atoms with Gasteiger partial charge in [0.05, 0.1) is 17.6 Å². The third-order valence-corrected chi connectivity index (χ3v) is 3.62. The van der Waals surface area contributed by atoms with Gasteiger partial charge in [0.1, 0.15) is 0 Å². The normalized spacial score (nSPS) is 10.3. The summed E-state index contributed by atoms with van der Waals surface area (Å²) >= 11 is 9.63. The number of nitrogens with zero attached hydrogens (tertiary/aromatic N) is 2. The van der Waals surface area contributed by atoms with Crippen LogP contribution in [0, 0.1) is 0 Å². The average Bonchev–Trinajstić information content (AvgIpc) is 2.40. The molecule has 0 saturated carbocycles. The fourth-order valence-corrected chi connectivity index (χ4v) is 2.38. The maximum absolute atomic E-state index is 6.18. The van der Waals surface area contributed by atoms with Gasteiger partial charge in [0.15, 0.2) is 0 Å². The van der Waals surface area contributed by atoms with Gasteiger partial charge in [0.25, 0.3) is 0 Å². The molecule has 0 spiro atoms. The van der Waals surface area contributed by atoms with Crippen LogP contribution in [0.2, 0.25) is 5.02 Å². The summed E-state index contributed by atoms with van der Waals surface area (Å²) in [6.07, 6.45) is 3.60. The van der Waals surface area contributed by atoms with Crippen molar-refractivity contribution in [1.29, 1.82) is 0 Å². The summed E-state index contributed by atoms with van der Waals surface area (Å²) in [7, 11) is 4.01. The highest BCUT2D eigenvalue weighted by molar-refractivity contribution is 9.10. The van der Waals surface area contributed by atoms with Crippen molar-refractivity contribution in [3.63, 3.8) is 0 Å². The molecule has 0 fully saturated rings. The van der Waals surface area contributed by atoms with E-state index in [0.717, 1.165) is 26.4 Å². The van der Waals surface area contributed by atoms with E-state index in [1.54, 1.807) is 6.20 Å². The second-order valence-corrected chi connectivity index (χ2v) is 5.70. The molecule has 0 saturated heterocycles. The lowest BCUT2D eigenvalue weighted by Gasteiger charge is -2.18. The number of halogens is 2. The predicted octanol–water partition coefficient (Wildman–Crippen LogP) is 4.18. The highest BCUT2D eigenvalue weighted by Crippen LogP contribution is 2.25. The quantitative estimate of drug-likeness (QED) is 0.905. The Labute approximate surface area is 126 Å². The fraction of sp³-hybridized carbons (Fsp3) is 0.214. The lowest BCUT2D eigenvalue weighted by atomic mass is 10.2. The molecule has 2 rings (SSSR count). The minimum atomic E-state index is 0.658. The number of rotatable bonds is 4. The van der Waals surface area contributed by atoms with Gasteiger partial charge in [-0.05, 0) is 29.8 Å². The van der Waals surface area contributed by atoms with Crippen LogP contribution >= 0.6 is 27.5 Å². The van der Waals surface area contributed by atoms with Crippen molar-refractivity contribution in [1.82, 2.24) is 4.98 Å². The topological polar surface area (TPSA) is 28.2 Å². The Morgan fingerprint density at radius 2 is 2.11 bits per heavy atom. The van der Waals surface area contributed by atoms with Gasteiger partial charge in [-0.3, -0.25) is 4.98 Å². The predicted molar refractivity (Wildman–Crippen MR) is 85.0 cm³/mol. The molecule has 0 aliphatic carbocycles. The zero-order chi connectivity index (χ0) is 13.8. The van der Waals surface area contributed by atoms with Gasteiger partial charge in [-0.25, -0.2) is 0 Å². The van der Waals surface area contributed by atoms with E-state index in [1.165, 1.54) is 0 Å². The minimum absolute atomic E-state index is 0.658. The second-order valence-electron chi connectivity index (χ2n) is 4.38. The van der Waals surface area contributed by atoms with E-state index in [2.05, 4.69) is 26.2 Å². The number of pyridine rings is 1. The Kier molecular flexibility index (Phi) is 4.66. The molecular formula is C14H15BrClN3. The first-order valence-electron chi connectivity index (χ1n) is 5.87. The zero-order valence-corrected chi connectivity index (χ0v) is 13.2. The molecule has 0 unspecified atom stereocenters. The Hall–Kier alpha value is -1.26. The molecule has 1 heterocycles. The smallest absolute Gasteiger partial charge is 0.0766 e. The monoisotopic (exact) mass is 339 g/mol. The number of benzene rings is 1. The average molecular weight is 341 g/mol. The molecule has 1 aromatic heterocycles. The molecule has 19 heavy (non-hydrogen) atoms. The van der Waals surface area contributed by atoms with Gasteiger partial charge in [-0.15, -0.1) is 0 Å². The van der Waals surface area contributed by atoms with E-state index >= 15 is 0 Å². The third-order valence-electron chi connectivity index (χ3n) is 2.76. The lowest BCUT2D eigenvalue weighted by Crippen LogP contribution is -2.12. The number of hydrogen-bond donors (Lipinski definition) is 1. The van der Waals surface area contributed by atoms with Crippen molar-refractivity contribution in [3.05, 3.63) is 51.7 Å². The third kappa shape index (κ3) is 3.61. The van der Waals surface area contributed by atoms with E-state index < -0.39 is 0 Å². The van der Waals surface area contributed by atoms with Crippen LogP contribution in [0.5, 0.6) is 0 Å². The van der Waals surface area contributed by atoms with Crippen LogP contribution in [0.15, 0.2) is 41.1 Å². The van der Waals surface area contributed by atoms with Crippen molar-refractivity contribution < 1.29 is 0 Å². The number of aromatic nitrogens is 1. The summed E-state index contributed by atoms with van der Waals surface area (Å²) in [5.74, 6) is 0. The van der Waals surface area contributed by atoms with Gasteiger partial charge in [0, 0.05) is 36.3 Å². The van der Waals surface area contributed by atoms with Crippen LogP contribution in [0.25, 0.3) is 0 Å². The summed E-state index contributed by atoms with van der Waals surface area (Å²) in [5.41, 5.74) is 3.13. The molecule has 3 nitrogen and oxygen atoms in total. The van der Waals surface area contributed by atoms with Crippen LogP contribution in [0.1, 0.15) is 5.56 Å². The summed E-state index contributed by atoms with van der Waals surface area (Å²) in [6, 6.07) is 7.81. The standard InChI is InChI=1S/C14H15BrClN3/c1-19(2)14-5-6-17-9-13(14)18-8-10-7-11(15)3-4-12(10)16/h3-7,9,18H,8H2,1-2H3. The highest BCUT2D eigenvalue weighted by atomic mass is 79.9. The van der Waals surface area contributed by atoms with Crippen LogP contribution in [0.4, 0.5) is 11.4 Å². The van der Waals surface area contributed by atoms with Crippen LogP contribution in [-0.2, 0) is 6.54 Å².